The Bertz CT molecular complexity index is 1280. The van der Waals surface area contributed by atoms with Crippen molar-refractivity contribution in [3.05, 3.63) is 78.4 Å². The predicted octanol–water partition coefficient (Wildman–Crippen LogP) is 5.32. The normalized spacial score (nSPS) is 20.6. The summed E-state index contributed by atoms with van der Waals surface area (Å²) < 4.78 is 17.1. The van der Waals surface area contributed by atoms with E-state index in [0.29, 0.717) is 36.1 Å². The van der Waals surface area contributed by atoms with Crippen LogP contribution in [-0.2, 0) is 14.4 Å². The third-order valence-electron chi connectivity index (χ3n) is 6.82. The number of amides is 2. The van der Waals surface area contributed by atoms with E-state index in [4.69, 9.17) is 19.0 Å². The number of carbonyl (C=O) groups excluding carboxylic acids is 2. The third-order valence-corrected chi connectivity index (χ3v) is 6.82. The average Bonchev–Trinajstić information content (AvgIpc) is 3.46. The second-order valence-electron chi connectivity index (χ2n) is 9.21. The van der Waals surface area contributed by atoms with Crippen LogP contribution in [0.4, 0.5) is 11.4 Å². The lowest BCUT2D eigenvalue weighted by Crippen LogP contribution is -2.37. The Hall–Kier alpha value is -4.04. The Balaban J connectivity index is 1.54. The number of hydrogen-bond acceptors (Lipinski definition) is 7. The number of hydrogen-bond donors (Lipinski definition) is 0. The molecule has 2 amide bonds. The zero-order valence-corrected chi connectivity index (χ0v) is 21.8. The van der Waals surface area contributed by atoms with Crippen LogP contribution in [0, 0.1) is 5.92 Å². The lowest BCUT2D eigenvalue weighted by Gasteiger charge is -2.29. The van der Waals surface area contributed by atoms with Gasteiger partial charge in [0.2, 0.25) is 5.91 Å². The number of anilines is 2. The summed E-state index contributed by atoms with van der Waals surface area (Å²) in [5.41, 5.74) is 2.04. The zero-order chi connectivity index (χ0) is 26.6. The highest BCUT2D eigenvalue weighted by molar-refractivity contribution is 6.23. The van der Waals surface area contributed by atoms with Gasteiger partial charge in [0.05, 0.1) is 37.7 Å². The Labute approximate surface area is 222 Å². The highest BCUT2D eigenvalue weighted by atomic mass is 16.7. The van der Waals surface area contributed by atoms with Gasteiger partial charge in [-0.25, -0.2) is 9.96 Å². The maximum atomic E-state index is 13.9. The minimum absolute atomic E-state index is 0.310. The Morgan fingerprint density at radius 2 is 1.61 bits per heavy atom. The van der Waals surface area contributed by atoms with E-state index in [2.05, 4.69) is 6.92 Å². The van der Waals surface area contributed by atoms with E-state index in [9.17, 15) is 9.59 Å². The van der Waals surface area contributed by atoms with Crippen LogP contribution in [-0.4, -0.2) is 38.2 Å². The first kappa shape index (κ1) is 25.6. The number of hydroxylamine groups is 1. The van der Waals surface area contributed by atoms with Gasteiger partial charge in [0.15, 0.2) is 17.6 Å². The molecule has 38 heavy (non-hydrogen) atoms. The molecule has 0 N–H and O–H groups in total. The number of unbranched alkanes of at least 4 members (excludes halogenated alkanes) is 1. The number of methoxy groups -OCH3 is 1. The van der Waals surface area contributed by atoms with E-state index in [0.717, 1.165) is 24.1 Å². The lowest BCUT2D eigenvalue weighted by molar-refractivity contribution is -0.126. The summed E-state index contributed by atoms with van der Waals surface area (Å²) in [6.45, 7) is 5.08. The first-order valence-corrected chi connectivity index (χ1v) is 13.0. The number of carbonyl (C=O) groups is 2. The summed E-state index contributed by atoms with van der Waals surface area (Å²) in [6, 6.07) is 21.5. The highest BCUT2D eigenvalue weighted by Crippen LogP contribution is 2.48. The Morgan fingerprint density at radius 3 is 2.29 bits per heavy atom. The number of para-hydroxylation sites is 1. The molecule has 2 aliphatic rings. The van der Waals surface area contributed by atoms with Crippen molar-refractivity contribution in [3.8, 4) is 17.2 Å². The second kappa shape index (κ2) is 11.1. The maximum Gasteiger partial charge on any atom is 0.266 e. The van der Waals surface area contributed by atoms with Gasteiger partial charge >= 0.3 is 0 Å². The highest BCUT2D eigenvalue weighted by Gasteiger charge is 2.60. The van der Waals surface area contributed by atoms with Crippen molar-refractivity contribution in [2.45, 2.75) is 38.8 Å². The molecule has 2 saturated heterocycles. The lowest BCUT2D eigenvalue weighted by atomic mass is 9.90. The van der Waals surface area contributed by atoms with Gasteiger partial charge in [-0.15, -0.1) is 0 Å². The van der Waals surface area contributed by atoms with Crippen LogP contribution >= 0.6 is 0 Å². The molecule has 0 bridgehead atoms. The van der Waals surface area contributed by atoms with Crippen molar-refractivity contribution >= 4 is 23.2 Å². The molecule has 0 aliphatic carbocycles. The van der Waals surface area contributed by atoms with Gasteiger partial charge in [0.25, 0.3) is 5.91 Å². The largest absolute Gasteiger partial charge is 0.497 e. The van der Waals surface area contributed by atoms with Crippen molar-refractivity contribution in [2.24, 2.45) is 5.92 Å². The number of rotatable bonds is 10. The van der Waals surface area contributed by atoms with Crippen LogP contribution in [0.2, 0.25) is 0 Å². The van der Waals surface area contributed by atoms with Crippen LogP contribution < -0.4 is 24.2 Å². The molecule has 0 aromatic heterocycles. The molecule has 3 unspecified atom stereocenters. The fraction of sp³-hybridized carbons (Fsp3) is 0.333. The molecule has 8 nitrogen and oxygen atoms in total. The smallest absolute Gasteiger partial charge is 0.266 e. The first-order valence-electron chi connectivity index (χ1n) is 13.0. The fourth-order valence-electron chi connectivity index (χ4n) is 4.96. The zero-order valence-electron chi connectivity index (χ0n) is 21.8. The fourth-order valence-corrected chi connectivity index (χ4v) is 4.96. The van der Waals surface area contributed by atoms with E-state index >= 15 is 0 Å². The molecule has 2 fully saturated rings. The van der Waals surface area contributed by atoms with Gasteiger partial charge < -0.3 is 14.2 Å². The standard InChI is InChI=1S/C30H32N2O6/c1-4-6-18-37-24-17-12-20(19-25(24)36-5-2)27-26-28(38-32(27)22-10-8-7-9-11-22)30(34)31(29(26)33)21-13-15-23(35-3)16-14-21/h7-17,19,26-28H,4-6,18H2,1-3H3. The maximum absolute atomic E-state index is 13.9. The van der Waals surface area contributed by atoms with Crippen molar-refractivity contribution in [2.75, 3.05) is 30.3 Å². The van der Waals surface area contributed by atoms with Crippen LogP contribution in [0.3, 0.4) is 0 Å². The molecule has 3 aromatic rings. The first-order chi connectivity index (χ1) is 18.6. The molecule has 8 heteroatoms. The van der Waals surface area contributed by atoms with E-state index in [1.807, 2.05) is 55.5 Å². The average molecular weight is 517 g/mol. The van der Waals surface area contributed by atoms with Gasteiger partial charge in [0, 0.05) is 0 Å². The summed E-state index contributed by atoms with van der Waals surface area (Å²) in [6.07, 6.45) is 1.01. The summed E-state index contributed by atoms with van der Waals surface area (Å²) >= 11 is 0. The van der Waals surface area contributed by atoms with E-state index in [1.54, 1.807) is 36.4 Å². The summed E-state index contributed by atoms with van der Waals surface area (Å²) in [7, 11) is 1.57. The van der Waals surface area contributed by atoms with Gasteiger partial charge in [0.1, 0.15) is 11.7 Å². The molecule has 0 radical (unpaired) electrons. The summed E-state index contributed by atoms with van der Waals surface area (Å²) in [4.78, 5) is 34.9. The quantitative estimate of drug-likeness (QED) is 0.266. The molecule has 5 rings (SSSR count). The monoisotopic (exact) mass is 516 g/mol. The van der Waals surface area contributed by atoms with E-state index in [-0.39, 0.29) is 5.91 Å². The number of nitrogens with zero attached hydrogens (tertiary/aromatic N) is 2. The molecule has 3 atom stereocenters. The molecule has 3 aromatic carbocycles. The number of benzene rings is 3. The van der Waals surface area contributed by atoms with Crippen LogP contribution in [0.15, 0.2) is 72.8 Å². The minimum Gasteiger partial charge on any atom is -0.497 e. The van der Waals surface area contributed by atoms with Crippen LogP contribution in [0.1, 0.15) is 38.3 Å². The molecule has 2 aliphatic heterocycles. The minimum atomic E-state index is -0.953. The molecule has 2 heterocycles. The summed E-state index contributed by atoms with van der Waals surface area (Å²) in [5, 5.41) is 1.68. The molecule has 198 valence electrons. The van der Waals surface area contributed by atoms with Gasteiger partial charge in [-0.1, -0.05) is 37.6 Å². The second-order valence-corrected chi connectivity index (χ2v) is 9.21. The van der Waals surface area contributed by atoms with Crippen molar-refractivity contribution in [1.82, 2.24) is 0 Å². The van der Waals surface area contributed by atoms with Crippen molar-refractivity contribution in [3.63, 3.8) is 0 Å². The molecule has 0 spiro atoms. The van der Waals surface area contributed by atoms with Gasteiger partial charge in [-0.3, -0.25) is 14.4 Å². The van der Waals surface area contributed by atoms with Gasteiger partial charge in [-0.2, -0.15) is 0 Å². The van der Waals surface area contributed by atoms with Crippen LogP contribution in [0.5, 0.6) is 17.2 Å². The van der Waals surface area contributed by atoms with E-state index in [1.165, 1.54) is 4.90 Å². The topological polar surface area (TPSA) is 77.5 Å². The number of fused-ring (bicyclic) bond motifs is 1. The molecular formula is C30H32N2O6. The Kier molecular flexibility index (Phi) is 7.51. The predicted molar refractivity (Wildman–Crippen MR) is 144 cm³/mol. The summed E-state index contributed by atoms with van der Waals surface area (Å²) in [5.74, 6) is 0.446. The van der Waals surface area contributed by atoms with Crippen LogP contribution in [0.25, 0.3) is 0 Å². The molecular weight excluding hydrogens is 484 g/mol. The SMILES string of the molecule is CCCCOc1ccc(C2C3C(=O)N(c4ccc(OC)cc4)C(=O)C3ON2c2ccccc2)cc1OCC. The Morgan fingerprint density at radius 1 is 0.842 bits per heavy atom. The van der Waals surface area contributed by atoms with Crippen molar-refractivity contribution < 1.29 is 28.6 Å². The number of imide groups is 1. The van der Waals surface area contributed by atoms with Crippen molar-refractivity contribution in [1.29, 1.82) is 0 Å². The van der Waals surface area contributed by atoms with E-state index < -0.39 is 24.0 Å². The number of ether oxygens (including phenoxy) is 3. The molecule has 0 saturated carbocycles. The van der Waals surface area contributed by atoms with Gasteiger partial charge in [-0.05, 0) is 67.4 Å². The third kappa shape index (κ3) is 4.67.